The van der Waals surface area contributed by atoms with E-state index < -0.39 is 6.29 Å². The third-order valence-electron chi connectivity index (χ3n) is 8.86. The van der Waals surface area contributed by atoms with Crippen LogP contribution < -0.4 is 16.4 Å². The molecule has 2 heterocycles. The zero-order chi connectivity index (χ0) is 33.0. The Morgan fingerprint density at radius 2 is 1.53 bits per heavy atom. The Hall–Kier alpha value is -3.80. The van der Waals surface area contributed by atoms with Crippen LogP contribution in [0.1, 0.15) is 86.0 Å². The minimum atomic E-state index is -0.546. The summed E-state index contributed by atoms with van der Waals surface area (Å²) in [5.74, 6) is -0.0421. The summed E-state index contributed by atoms with van der Waals surface area (Å²) in [6, 6.07) is 23.0. The molecule has 252 valence electrons. The highest BCUT2D eigenvalue weighted by atomic mass is 16.7. The van der Waals surface area contributed by atoms with Gasteiger partial charge in [0, 0.05) is 51.0 Å². The number of nitrogens with one attached hydrogen (secondary N) is 2. The highest BCUT2D eigenvalue weighted by Crippen LogP contribution is 2.38. The van der Waals surface area contributed by atoms with E-state index in [-0.39, 0.29) is 36.7 Å². The molecule has 2 aliphatic heterocycles. The van der Waals surface area contributed by atoms with Crippen molar-refractivity contribution in [3.05, 3.63) is 95.1 Å². The Labute approximate surface area is 277 Å². The number of para-hydroxylation sites is 2. The average molecular weight is 645 g/mol. The minimum absolute atomic E-state index is 0.00174. The molecule has 0 radical (unpaired) electrons. The van der Waals surface area contributed by atoms with Crippen molar-refractivity contribution in [3.8, 4) is 0 Å². The minimum Gasteiger partial charge on any atom is -0.397 e. The Bertz CT molecular complexity index is 1430. The summed E-state index contributed by atoms with van der Waals surface area (Å²) in [5, 5.41) is 25.3. The van der Waals surface area contributed by atoms with Gasteiger partial charge < -0.3 is 36.1 Å². The van der Waals surface area contributed by atoms with Crippen LogP contribution in [0, 0.1) is 0 Å². The second-order valence-corrected chi connectivity index (χ2v) is 12.6. The second-order valence-electron chi connectivity index (χ2n) is 12.6. The number of nitrogen functional groups attached to an aromatic ring is 1. The maximum absolute atomic E-state index is 12.5. The average Bonchev–Trinajstić information content (AvgIpc) is 3.50. The number of anilines is 2. The largest absolute Gasteiger partial charge is 0.397 e. The van der Waals surface area contributed by atoms with Crippen LogP contribution in [0.3, 0.4) is 0 Å². The standard InChI is InChI=1S/C37H48N4O6/c38-32-7-5-6-8-33(32)40-36(45)10-4-2-1-3-9-35(44)39-22-26-11-17-29(18-12-26)37-46-31(24-41-20-19-30(43)23-41)21-34(47-37)28-15-13-27(25-42)14-16-28/h5-8,11-18,30-31,34,37,42-43H,1-4,9-10,19-25,38H2,(H,39,44)(H,40,45)/t30-,31+,34-,37-/m0/s1. The number of likely N-dealkylation sites (tertiary alicyclic amines) is 1. The van der Waals surface area contributed by atoms with Crippen LogP contribution in [0.25, 0.3) is 0 Å². The molecule has 4 atom stereocenters. The summed E-state index contributed by atoms with van der Waals surface area (Å²) in [6.07, 6.45) is 4.60. The van der Waals surface area contributed by atoms with Crippen molar-refractivity contribution >= 4 is 23.2 Å². The second kappa shape index (κ2) is 17.4. The van der Waals surface area contributed by atoms with Gasteiger partial charge in [0.15, 0.2) is 6.29 Å². The van der Waals surface area contributed by atoms with Crippen LogP contribution in [0.15, 0.2) is 72.8 Å². The maximum Gasteiger partial charge on any atom is 0.224 e. The van der Waals surface area contributed by atoms with Gasteiger partial charge in [-0.2, -0.15) is 0 Å². The van der Waals surface area contributed by atoms with Crippen molar-refractivity contribution < 1.29 is 29.3 Å². The fraction of sp³-hybridized carbons (Fsp3) is 0.459. The van der Waals surface area contributed by atoms with E-state index in [1.165, 1.54) is 0 Å². The van der Waals surface area contributed by atoms with Crippen molar-refractivity contribution in [2.45, 2.75) is 89.1 Å². The first-order chi connectivity index (χ1) is 22.9. The lowest BCUT2D eigenvalue weighted by atomic mass is 9.99. The smallest absolute Gasteiger partial charge is 0.224 e. The van der Waals surface area contributed by atoms with Crippen LogP contribution in [-0.2, 0) is 32.2 Å². The molecule has 2 amide bonds. The van der Waals surface area contributed by atoms with Crippen molar-refractivity contribution in [2.24, 2.45) is 0 Å². The molecule has 0 aliphatic carbocycles. The fourth-order valence-electron chi connectivity index (χ4n) is 6.13. The molecule has 2 aliphatic rings. The zero-order valence-corrected chi connectivity index (χ0v) is 27.0. The van der Waals surface area contributed by atoms with Gasteiger partial charge in [0.2, 0.25) is 11.8 Å². The van der Waals surface area contributed by atoms with Gasteiger partial charge in [-0.25, -0.2) is 0 Å². The molecule has 0 spiro atoms. The van der Waals surface area contributed by atoms with Gasteiger partial charge in [-0.3, -0.25) is 14.5 Å². The third-order valence-corrected chi connectivity index (χ3v) is 8.86. The highest BCUT2D eigenvalue weighted by Gasteiger charge is 2.34. The molecular weight excluding hydrogens is 596 g/mol. The molecular formula is C37H48N4O6. The molecule has 3 aromatic rings. The first-order valence-electron chi connectivity index (χ1n) is 16.8. The summed E-state index contributed by atoms with van der Waals surface area (Å²) in [6.45, 7) is 2.68. The number of benzene rings is 3. The van der Waals surface area contributed by atoms with Gasteiger partial charge in [-0.15, -0.1) is 0 Å². The Balaban J connectivity index is 1.04. The topological polar surface area (TPSA) is 146 Å². The first-order valence-corrected chi connectivity index (χ1v) is 16.8. The highest BCUT2D eigenvalue weighted by molar-refractivity contribution is 5.93. The Kier molecular flexibility index (Phi) is 12.8. The molecule has 0 bridgehead atoms. The van der Waals surface area contributed by atoms with Crippen LogP contribution in [-0.4, -0.2) is 58.8 Å². The number of hydrogen-bond donors (Lipinski definition) is 5. The quantitative estimate of drug-likeness (QED) is 0.115. The molecule has 0 unspecified atom stereocenters. The number of aliphatic hydroxyl groups is 2. The third kappa shape index (κ3) is 10.6. The molecule has 10 nitrogen and oxygen atoms in total. The van der Waals surface area contributed by atoms with E-state index in [4.69, 9.17) is 15.2 Å². The van der Waals surface area contributed by atoms with Gasteiger partial charge in [-0.1, -0.05) is 73.5 Å². The molecule has 0 aromatic heterocycles. The van der Waals surface area contributed by atoms with E-state index >= 15 is 0 Å². The number of unbranched alkanes of at least 4 members (excludes halogenated alkanes) is 3. The molecule has 0 saturated carbocycles. The summed E-state index contributed by atoms with van der Waals surface area (Å²) >= 11 is 0. The maximum atomic E-state index is 12.5. The van der Waals surface area contributed by atoms with Crippen molar-refractivity contribution in [1.82, 2.24) is 10.2 Å². The lowest BCUT2D eigenvalue weighted by Gasteiger charge is -2.37. The molecule has 47 heavy (non-hydrogen) atoms. The molecule has 3 aromatic carbocycles. The predicted molar refractivity (Wildman–Crippen MR) is 181 cm³/mol. The van der Waals surface area contributed by atoms with Crippen molar-refractivity contribution in [2.75, 3.05) is 30.7 Å². The number of carbonyl (C=O) groups is 2. The zero-order valence-electron chi connectivity index (χ0n) is 27.0. The summed E-state index contributed by atoms with van der Waals surface area (Å²) in [4.78, 5) is 26.9. The summed E-state index contributed by atoms with van der Waals surface area (Å²) < 4.78 is 12.9. The SMILES string of the molecule is Nc1ccccc1NC(=O)CCCCCCC(=O)NCc1ccc([C@H]2O[C@@H](CN3CC[C@H](O)C3)C[C@@H](c3ccc(CO)cc3)O2)cc1. The number of nitrogens with two attached hydrogens (primary N) is 1. The number of nitrogens with zero attached hydrogens (tertiary/aromatic N) is 1. The van der Waals surface area contributed by atoms with Crippen molar-refractivity contribution in [1.29, 1.82) is 0 Å². The van der Waals surface area contributed by atoms with Crippen LogP contribution in [0.2, 0.25) is 0 Å². The van der Waals surface area contributed by atoms with Crippen molar-refractivity contribution in [3.63, 3.8) is 0 Å². The van der Waals surface area contributed by atoms with E-state index in [1.807, 2.05) is 60.7 Å². The number of β-amino-alcohol motifs (C(OH)–C–C–N with tert-alkyl or cyclic N) is 1. The summed E-state index contributed by atoms with van der Waals surface area (Å²) in [5.41, 5.74) is 10.9. The molecule has 5 rings (SSSR count). The molecule has 10 heteroatoms. The number of rotatable bonds is 15. The number of carbonyl (C=O) groups excluding carboxylic acids is 2. The molecule has 6 N–H and O–H groups in total. The number of amides is 2. The number of hydrogen-bond acceptors (Lipinski definition) is 8. The van der Waals surface area contributed by atoms with Crippen LogP contribution in [0.5, 0.6) is 0 Å². The van der Waals surface area contributed by atoms with Gasteiger partial charge in [0.05, 0.1) is 36.3 Å². The van der Waals surface area contributed by atoms with E-state index in [2.05, 4.69) is 15.5 Å². The lowest BCUT2D eigenvalue weighted by molar-refractivity contribution is -0.252. The molecule has 2 saturated heterocycles. The Morgan fingerprint density at radius 3 is 2.21 bits per heavy atom. The van der Waals surface area contributed by atoms with E-state index in [0.29, 0.717) is 43.7 Å². The van der Waals surface area contributed by atoms with E-state index in [1.54, 1.807) is 12.1 Å². The first kappa shape index (κ1) is 34.5. The normalized spacial score (nSPS) is 21.4. The Morgan fingerprint density at radius 1 is 0.851 bits per heavy atom. The summed E-state index contributed by atoms with van der Waals surface area (Å²) in [7, 11) is 0. The number of ether oxygens (including phenoxy) is 2. The van der Waals surface area contributed by atoms with Gasteiger partial charge in [0.1, 0.15) is 0 Å². The van der Waals surface area contributed by atoms with E-state index in [9.17, 15) is 19.8 Å². The molecule has 2 fully saturated rings. The van der Waals surface area contributed by atoms with Crippen LogP contribution in [0.4, 0.5) is 11.4 Å². The van der Waals surface area contributed by atoms with Gasteiger partial charge >= 0.3 is 0 Å². The van der Waals surface area contributed by atoms with E-state index in [0.717, 1.165) is 67.4 Å². The van der Waals surface area contributed by atoms with Crippen LogP contribution >= 0.6 is 0 Å². The fourth-order valence-corrected chi connectivity index (χ4v) is 6.13. The lowest BCUT2D eigenvalue weighted by Crippen LogP contribution is -2.38. The van der Waals surface area contributed by atoms with Gasteiger partial charge in [0.25, 0.3) is 0 Å². The monoisotopic (exact) mass is 644 g/mol. The predicted octanol–water partition coefficient (Wildman–Crippen LogP) is 4.97. The van der Waals surface area contributed by atoms with Gasteiger partial charge in [-0.05, 0) is 48.1 Å². The number of aliphatic hydroxyl groups excluding tert-OH is 2.